The molecule has 4 nitrogen and oxygen atoms in total. The Morgan fingerprint density at radius 2 is 0.842 bits per heavy atom. The summed E-state index contributed by atoms with van der Waals surface area (Å²) in [6, 6.07) is 0. The van der Waals surface area contributed by atoms with E-state index < -0.39 is 5.41 Å². The molecule has 0 aliphatic carbocycles. The highest BCUT2D eigenvalue weighted by atomic mass is 16.3. The average molecular weight is 538 g/mol. The number of nitrogens with zero attached hydrogens (tertiary/aromatic N) is 1. The second-order valence-electron chi connectivity index (χ2n) is 12.2. The van der Waals surface area contributed by atoms with Crippen LogP contribution in [0.1, 0.15) is 175 Å². The third-order valence-electron chi connectivity index (χ3n) is 8.31. The van der Waals surface area contributed by atoms with Gasteiger partial charge in [0.05, 0.1) is 12.0 Å². The fourth-order valence-electron chi connectivity index (χ4n) is 5.57. The molecule has 0 radical (unpaired) electrons. The Hall–Kier alpha value is -0.740. The van der Waals surface area contributed by atoms with Gasteiger partial charge in [-0.3, -0.25) is 9.59 Å². The monoisotopic (exact) mass is 538 g/mol. The second kappa shape index (κ2) is 26.5. The van der Waals surface area contributed by atoms with Crippen LogP contribution in [0.25, 0.3) is 0 Å². The summed E-state index contributed by atoms with van der Waals surface area (Å²) in [6.45, 7) is 7.34. The zero-order valence-corrected chi connectivity index (χ0v) is 26.3. The fourth-order valence-corrected chi connectivity index (χ4v) is 5.57. The van der Waals surface area contributed by atoms with Gasteiger partial charge in [-0.05, 0) is 26.8 Å². The summed E-state index contributed by atoms with van der Waals surface area (Å²) in [4.78, 5) is 28.5. The molecule has 0 atom stereocenters. The number of hydrogen-bond acceptors (Lipinski definition) is 4. The number of aliphatic hydroxyl groups excluding tert-OH is 1. The van der Waals surface area contributed by atoms with E-state index in [-0.39, 0.29) is 18.2 Å². The lowest BCUT2D eigenvalue weighted by Crippen LogP contribution is -2.46. The third-order valence-corrected chi connectivity index (χ3v) is 8.31. The van der Waals surface area contributed by atoms with Crippen LogP contribution in [0, 0.1) is 5.41 Å². The Morgan fingerprint density at radius 3 is 1.13 bits per heavy atom. The van der Waals surface area contributed by atoms with Gasteiger partial charge < -0.3 is 10.0 Å². The minimum atomic E-state index is -0.944. The minimum absolute atomic E-state index is 0.0478. The molecule has 0 saturated carbocycles. The van der Waals surface area contributed by atoms with Crippen LogP contribution in [-0.4, -0.2) is 48.3 Å². The molecule has 0 amide bonds. The standard InChI is InChI=1S/C34H67NO3/c1-5-7-9-11-13-15-17-19-21-23-25-27-32(37)34(3,31-35(4)29-30-36)33(38)28-26-24-22-20-18-16-14-12-10-8-6-2/h36H,5-31H2,1-4H3. The van der Waals surface area contributed by atoms with Gasteiger partial charge in [-0.1, -0.05) is 142 Å². The normalized spacial score (nSPS) is 11.9. The molecule has 0 rings (SSSR count). The molecule has 0 unspecified atom stereocenters. The first-order valence-electron chi connectivity index (χ1n) is 16.8. The maximum absolute atomic E-state index is 13.3. The van der Waals surface area contributed by atoms with Crippen molar-refractivity contribution in [3.8, 4) is 0 Å². The van der Waals surface area contributed by atoms with E-state index in [9.17, 15) is 14.7 Å². The van der Waals surface area contributed by atoms with Crippen LogP contribution < -0.4 is 0 Å². The number of carbonyl (C=O) groups excluding carboxylic acids is 2. The van der Waals surface area contributed by atoms with Crippen LogP contribution in [0.15, 0.2) is 0 Å². The van der Waals surface area contributed by atoms with Crippen LogP contribution in [0.4, 0.5) is 0 Å². The Kier molecular flexibility index (Phi) is 26.0. The number of ketones is 2. The van der Waals surface area contributed by atoms with Crippen LogP contribution in [0.3, 0.4) is 0 Å². The van der Waals surface area contributed by atoms with Gasteiger partial charge in [0.1, 0.15) is 11.6 Å². The predicted octanol–water partition coefficient (Wildman–Crippen LogP) is 9.46. The summed E-state index contributed by atoms with van der Waals surface area (Å²) in [6.07, 6.45) is 28.7. The Balaban J connectivity index is 4.28. The molecule has 38 heavy (non-hydrogen) atoms. The van der Waals surface area contributed by atoms with E-state index in [2.05, 4.69) is 13.8 Å². The van der Waals surface area contributed by atoms with Crippen LogP contribution >= 0.6 is 0 Å². The average Bonchev–Trinajstić information content (AvgIpc) is 2.90. The van der Waals surface area contributed by atoms with Gasteiger partial charge in [0.15, 0.2) is 0 Å². The first-order valence-corrected chi connectivity index (χ1v) is 16.8. The summed E-state index contributed by atoms with van der Waals surface area (Å²) in [5.74, 6) is 0.206. The lowest BCUT2D eigenvalue weighted by atomic mass is 9.77. The van der Waals surface area contributed by atoms with Gasteiger partial charge in [0.25, 0.3) is 0 Å². The van der Waals surface area contributed by atoms with Crippen LogP contribution in [0.5, 0.6) is 0 Å². The Labute approximate surface area is 238 Å². The zero-order chi connectivity index (χ0) is 28.3. The van der Waals surface area contributed by atoms with Gasteiger partial charge in [0.2, 0.25) is 0 Å². The van der Waals surface area contributed by atoms with Crippen molar-refractivity contribution in [2.24, 2.45) is 5.41 Å². The highest BCUT2D eigenvalue weighted by Crippen LogP contribution is 2.27. The second-order valence-corrected chi connectivity index (χ2v) is 12.2. The van der Waals surface area contributed by atoms with E-state index in [1.807, 2.05) is 18.9 Å². The molecule has 0 heterocycles. The SMILES string of the molecule is CCCCCCCCCCCCCC(=O)C(C)(CN(C)CCO)C(=O)CCCCCCCCCCCCC. The smallest absolute Gasteiger partial charge is 0.147 e. The van der Waals surface area contributed by atoms with E-state index >= 15 is 0 Å². The largest absolute Gasteiger partial charge is 0.395 e. The predicted molar refractivity (Wildman–Crippen MR) is 165 cm³/mol. The fraction of sp³-hybridized carbons (Fsp3) is 0.941. The number of likely N-dealkylation sites (N-methyl/N-ethyl adjacent to an activating group) is 1. The molecule has 1 N–H and O–H groups in total. The highest BCUT2D eigenvalue weighted by Gasteiger charge is 2.40. The quantitative estimate of drug-likeness (QED) is 0.0732. The van der Waals surface area contributed by atoms with E-state index in [0.717, 1.165) is 25.7 Å². The molecule has 0 aliphatic rings. The molecule has 4 heteroatoms. The van der Waals surface area contributed by atoms with Crippen molar-refractivity contribution in [3.63, 3.8) is 0 Å². The highest BCUT2D eigenvalue weighted by molar-refractivity contribution is 6.06. The van der Waals surface area contributed by atoms with Gasteiger partial charge in [-0.25, -0.2) is 0 Å². The number of aliphatic hydroxyl groups is 1. The minimum Gasteiger partial charge on any atom is -0.395 e. The summed E-state index contributed by atoms with van der Waals surface area (Å²) in [5.41, 5.74) is -0.944. The van der Waals surface area contributed by atoms with E-state index in [1.54, 1.807) is 0 Å². The summed E-state index contributed by atoms with van der Waals surface area (Å²) in [7, 11) is 1.90. The summed E-state index contributed by atoms with van der Waals surface area (Å²) >= 11 is 0. The Bertz CT molecular complexity index is 510. The van der Waals surface area contributed by atoms with Gasteiger partial charge >= 0.3 is 0 Å². The van der Waals surface area contributed by atoms with Crippen molar-refractivity contribution in [1.82, 2.24) is 4.90 Å². The van der Waals surface area contributed by atoms with Gasteiger partial charge in [-0.15, -0.1) is 0 Å². The molecule has 0 aromatic rings. The molecule has 0 fully saturated rings. The molecule has 0 saturated heterocycles. The molecular formula is C34H67NO3. The topological polar surface area (TPSA) is 57.6 Å². The van der Waals surface area contributed by atoms with Crippen molar-refractivity contribution in [2.75, 3.05) is 26.7 Å². The van der Waals surface area contributed by atoms with Crippen molar-refractivity contribution >= 4 is 11.6 Å². The lowest BCUT2D eigenvalue weighted by molar-refractivity contribution is -0.141. The Morgan fingerprint density at radius 1 is 0.553 bits per heavy atom. The van der Waals surface area contributed by atoms with Gasteiger partial charge in [0, 0.05) is 25.9 Å². The molecular weight excluding hydrogens is 470 g/mol. The van der Waals surface area contributed by atoms with E-state index in [0.29, 0.717) is 25.9 Å². The number of unbranched alkanes of at least 4 members (excludes halogenated alkanes) is 20. The number of Topliss-reactive ketones (excluding diaryl/α,β-unsaturated/α-hetero) is 2. The third kappa shape index (κ3) is 20.2. The molecule has 226 valence electrons. The first-order chi connectivity index (χ1) is 18.4. The molecule has 0 aromatic carbocycles. The molecule has 0 aromatic heterocycles. The molecule has 0 bridgehead atoms. The van der Waals surface area contributed by atoms with Crippen LogP contribution in [0.2, 0.25) is 0 Å². The summed E-state index contributed by atoms with van der Waals surface area (Å²) in [5, 5.41) is 9.33. The maximum atomic E-state index is 13.3. The van der Waals surface area contributed by atoms with Crippen molar-refractivity contribution < 1.29 is 14.7 Å². The zero-order valence-electron chi connectivity index (χ0n) is 26.3. The molecule has 0 spiro atoms. The van der Waals surface area contributed by atoms with Crippen molar-refractivity contribution in [1.29, 1.82) is 0 Å². The number of rotatable bonds is 30. The van der Waals surface area contributed by atoms with E-state index in [4.69, 9.17) is 0 Å². The number of hydrogen-bond donors (Lipinski definition) is 1. The maximum Gasteiger partial charge on any atom is 0.147 e. The van der Waals surface area contributed by atoms with Gasteiger partial charge in [-0.2, -0.15) is 0 Å². The van der Waals surface area contributed by atoms with Crippen molar-refractivity contribution in [3.05, 3.63) is 0 Å². The summed E-state index contributed by atoms with van der Waals surface area (Å²) < 4.78 is 0. The lowest BCUT2D eigenvalue weighted by Gasteiger charge is -2.31. The first kappa shape index (κ1) is 37.3. The van der Waals surface area contributed by atoms with Crippen LogP contribution in [-0.2, 0) is 9.59 Å². The molecule has 0 aliphatic heterocycles. The van der Waals surface area contributed by atoms with Crippen molar-refractivity contribution in [2.45, 2.75) is 175 Å². The number of carbonyl (C=O) groups is 2. The van der Waals surface area contributed by atoms with E-state index in [1.165, 1.54) is 116 Å².